The van der Waals surface area contributed by atoms with Gasteiger partial charge in [0.05, 0.1) is 15.5 Å². The Morgan fingerprint density at radius 2 is 1.42 bits per heavy atom. The third kappa shape index (κ3) is 5.32. The van der Waals surface area contributed by atoms with E-state index in [1.54, 1.807) is 36.4 Å². The summed E-state index contributed by atoms with van der Waals surface area (Å²) in [6, 6.07) is 17.8. The van der Waals surface area contributed by atoms with Crippen molar-refractivity contribution >= 4 is 27.1 Å². The molecule has 0 saturated heterocycles. The fraction of sp³-hybridized carbons (Fsp3) is 0.0833. The summed E-state index contributed by atoms with van der Waals surface area (Å²) >= 11 is 1.14. The van der Waals surface area contributed by atoms with Gasteiger partial charge in [-0.2, -0.15) is 0 Å². The van der Waals surface area contributed by atoms with Gasteiger partial charge >= 0.3 is 0 Å². The van der Waals surface area contributed by atoms with Crippen LogP contribution in [-0.2, 0) is 16.4 Å². The average molecular weight is 485 g/mol. The van der Waals surface area contributed by atoms with E-state index in [1.807, 2.05) is 0 Å². The van der Waals surface area contributed by atoms with E-state index in [9.17, 15) is 22.0 Å². The number of nitrogens with one attached hydrogen (secondary N) is 1. The lowest BCUT2D eigenvalue weighted by Crippen LogP contribution is -2.22. The Labute approximate surface area is 193 Å². The Balaban J connectivity index is 1.68. The number of halogens is 2. The summed E-state index contributed by atoms with van der Waals surface area (Å²) in [7, 11) is -3.35. The standard InChI is InChI=1S/C24H18F2N2O3S2/c1-33(30,31)20-12-6-17(7-13-20)22-21(16-4-10-19(26)11-5-16)28-24(32-22)23(29)27-14-15-2-8-18(25)9-3-15/h2-13H,14H2,1H3,(H,27,29). The first-order valence-electron chi connectivity index (χ1n) is 9.80. The van der Waals surface area contributed by atoms with Gasteiger partial charge in [-0.1, -0.05) is 24.3 Å². The number of hydrogen-bond donors (Lipinski definition) is 1. The Kier molecular flexibility index (Phi) is 6.35. The number of benzene rings is 3. The minimum atomic E-state index is -3.35. The predicted molar refractivity (Wildman–Crippen MR) is 124 cm³/mol. The highest BCUT2D eigenvalue weighted by Gasteiger charge is 2.20. The van der Waals surface area contributed by atoms with Crippen LogP contribution in [0.2, 0.25) is 0 Å². The third-order valence-corrected chi connectivity index (χ3v) is 7.08. The molecule has 0 saturated carbocycles. The highest BCUT2D eigenvalue weighted by Crippen LogP contribution is 2.37. The van der Waals surface area contributed by atoms with Gasteiger partial charge in [-0.3, -0.25) is 4.79 Å². The van der Waals surface area contributed by atoms with Gasteiger partial charge in [-0.15, -0.1) is 11.3 Å². The van der Waals surface area contributed by atoms with Crippen LogP contribution in [0.25, 0.3) is 21.7 Å². The van der Waals surface area contributed by atoms with Gasteiger partial charge in [0.1, 0.15) is 11.6 Å². The smallest absolute Gasteiger partial charge is 0.280 e. The summed E-state index contributed by atoms with van der Waals surface area (Å²) in [5.74, 6) is -1.17. The monoisotopic (exact) mass is 484 g/mol. The Morgan fingerprint density at radius 1 is 0.879 bits per heavy atom. The molecule has 5 nitrogen and oxygen atoms in total. The number of hydrogen-bond acceptors (Lipinski definition) is 5. The van der Waals surface area contributed by atoms with Crippen LogP contribution < -0.4 is 5.32 Å². The van der Waals surface area contributed by atoms with Crippen molar-refractivity contribution in [3.63, 3.8) is 0 Å². The summed E-state index contributed by atoms with van der Waals surface area (Å²) < 4.78 is 50.1. The lowest BCUT2D eigenvalue weighted by Gasteiger charge is -2.04. The average Bonchev–Trinajstić information content (AvgIpc) is 3.24. The molecule has 1 N–H and O–H groups in total. The minimum Gasteiger partial charge on any atom is -0.346 e. The molecule has 0 spiro atoms. The maximum absolute atomic E-state index is 13.4. The number of carbonyl (C=O) groups excluding carboxylic acids is 1. The number of carbonyl (C=O) groups is 1. The van der Waals surface area contributed by atoms with E-state index in [2.05, 4.69) is 10.3 Å². The summed E-state index contributed by atoms with van der Waals surface area (Å²) in [4.78, 5) is 18.1. The van der Waals surface area contributed by atoms with Crippen molar-refractivity contribution in [3.05, 3.63) is 95.0 Å². The van der Waals surface area contributed by atoms with Gasteiger partial charge in [0.25, 0.3) is 5.91 Å². The van der Waals surface area contributed by atoms with Gasteiger partial charge in [0, 0.05) is 18.4 Å². The van der Waals surface area contributed by atoms with Crippen LogP contribution in [0, 0.1) is 11.6 Å². The number of thiazole rings is 1. The highest BCUT2D eigenvalue weighted by atomic mass is 32.2. The number of sulfone groups is 1. The first kappa shape index (κ1) is 22.8. The molecule has 1 heterocycles. The number of nitrogens with zero attached hydrogens (tertiary/aromatic N) is 1. The molecule has 1 amide bonds. The zero-order valence-corrected chi connectivity index (χ0v) is 19.0. The largest absolute Gasteiger partial charge is 0.346 e. The lowest BCUT2D eigenvalue weighted by molar-refractivity contribution is 0.0950. The molecule has 0 atom stereocenters. The second-order valence-electron chi connectivity index (χ2n) is 7.31. The molecule has 0 aliphatic rings. The van der Waals surface area contributed by atoms with E-state index >= 15 is 0 Å². The quantitative estimate of drug-likeness (QED) is 0.414. The molecule has 0 radical (unpaired) electrons. The Morgan fingerprint density at radius 3 is 2.00 bits per heavy atom. The number of aromatic nitrogens is 1. The number of amides is 1. The van der Waals surface area contributed by atoms with Crippen LogP contribution in [0.4, 0.5) is 8.78 Å². The van der Waals surface area contributed by atoms with E-state index in [0.29, 0.717) is 21.7 Å². The topological polar surface area (TPSA) is 76.1 Å². The molecule has 3 aromatic carbocycles. The normalized spacial score (nSPS) is 11.4. The second-order valence-corrected chi connectivity index (χ2v) is 10.3. The summed E-state index contributed by atoms with van der Waals surface area (Å²) in [6.45, 7) is 0.197. The molecule has 0 bridgehead atoms. The van der Waals surface area contributed by atoms with E-state index < -0.39 is 21.6 Å². The van der Waals surface area contributed by atoms with Crippen LogP contribution in [0.5, 0.6) is 0 Å². The molecular formula is C24H18F2N2O3S2. The predicted octanol–water partition coefficient (Wildman–Crippen LogP) is 5.09. The molecule has 0 aliphatic heterocycles. The maximum Gasteiger partial charge on any atom is 0.280 e. The van der Waals surface area contributed by atoms with E-state index in [1.165, 1.54) is 36.4 Å². The van der Waals surface area contributed by atoms with Gasteiger partial charge in [-0.25, -0.2) is 22.2 Å². The van der Waals surface area contributed by atoms with Crippen molar-refractivity contribution in [2.75, 3.05) is 6.26 Å². The zero-order chi connectivity index (χ0) is 23.6. The van der Waals surface area contributed by atoms with Crippen LogP contribution in [0.1, 0.15) is 15.4 Å². The van der Waals surface area contributed by atoms with Crippen molar-refractivity contribution in [2.45, 2.75) is 11.4 Å². The van der Waals surface area contributed by atoms with E-state index in [4.69, 9.17) is 0 Å². The molecule has 1 aromatic heterocycles. The van der Waals surface area contributed by atoms with Crippen molar-refractivity contribution in [1.29, 1.82) is 0 Å². The van der Waals surface area contributed by atoms with E-state index in [-0.39, 0.29) is 22.3 Å². The van der Waals surface area contributed by atoms with Crippen molar-refractivity contribution in [1.82, 2.24) is 10.3 Å². The van der Waals surface area contributed by atoms with Crippen molar-refractivity contribution < 1.29 is 22.0 Å². The summed E-state index contributed by atoms with van der Waals surface area (Å²) in [5, 5.41) is 2.96. The first-order chi connectivity index (χ1) is 15.7. The van der Waals surface area contributed by atoms with Gasteiger partial charge in [0.15, 0.2) is 14.8 Å². The maximum atomic E-state index is 13.4. The van der Waals surface area contributed by atoms with E-state index in [0.717, 1.165) is 23.2 Å². The third-order valence-electron chi connectivity index (χ3n) is 4.85. The van der Waals surface area contributed by atoms with Crippen molar-refractivity contribution in [3.8, 4) is 21.7 Å². The fourth-order valence-corrected chi connectivity index (χ4v) is 4.77. The molecule has 168 valence electrons. The SMILES string of the molecule is CS(=O)(=O)c1ccc(-c2sc(C(=O)NCc3ccc(F)cc3)nc2-c2ccc(F)cc2)cc1. The molecule has 9 heteroatoms. The lowest BCUT2D eigenvalue weighted by atomic mass is 10.1. The second kappa shape index (κ2) is 9.21. The van der Waals surface area contributed by atoms with Gasteiger partial charge in [-0.05, 0) is 59.7 Å². The molecule has 33 heavy (non-hydrogen) atoms. The van der Waals surface area contributed by atoms with Crippen LogP contribution in [-0.4, -0.2) is 25.6 Å². The summed E-state index contributed by atoms with van der Waals surface area (Å²) in [6.07, 6.45) is 1.13. The summed E-state index contributed by atoms with van der Waals surface area (Å²) in [5.41, 5.74) is 2.51. The molecule has 4 rings (SSSR count). The highest BCUT2D eigenvalue weighted by molar-refractivity contribution is 7.90. The Bertz CT molecular complexity index is 1400. The fourth-order valence-electron chi connectivity index (χ4n) is 3.13. The van der Waals surface area contributed by atoms with Crippen LogP contribution in [0.3, 0.4) is 0 Å². The zero-order valence-electron chi connectivity index (χ0n) is 17.4. The van der Waals surface area contributed by atoms with Gasteiger partial charge in [0.2, 0.25) is 0 Å². The molecule has 0 fully saturated rings. The molecule has 4 aromatic rings. The molecule has 0 unspecified atom stereocenters. The first-order valence-corrected chi connectivity index (χ1v) is 12.5. The number of rotatable bonds is 6. The Hall–Kier alpha value is -3.43. The van der Waals surface area contributed by atoms with Crippen LogP contribution in [0.15, 0.2) is 77.7 Å². The van der Waals surface area contributed by atoms with Crippen LogP contribution >= 0.6 is 11.3 Å². The minimum absolute atomic E-state index is 0.177. The molecular weight excluding hydrogens is 466 g/mol. The molecule has 0 aliphatic carbocycles. The van der Waals surface area contributed by atoms with Gasteiger partial charge < -0.3 is 5.32 Å². The van der Waals surface area contributed by atoms with Crippen molar-refractivity contribution in [2.24, 2.45) is 0 Å².